The van der Waals surface area contributed by atoms with E-state index >= 15 is 0 Å². The second-order valence-corrected chi connectivity index (χ2v) is 6.78. The van der Waals surface area contributed by atoms with Crippen molar-refractivity contribution in [3.8, 4) is 0 Å². The maximum absolute atomic E-state index is 13.0. The highest BCUT2D eigenvalue weighted by molar-refractivity contribution is 6.08. The number of ether oxygens (including phenoxy) is 3. The van der Waals surface area contributed by atoms with Gasteiger partial charge in [-0.3, -0.25) is 4.79 Å². The Hall–Kier alpha value is -1.33. The molecule has 4 atom stereocenters. The molecule has 1 N–H and O–H groups in total. The number of Topliss-reactive ketones (excluding diaryl/α,β-unsaturated/α-hetero) is 1. The molecule has 4 rings (SSSR count). The van der Waals surface area contributed by atoms with E-state index in [4.69, 9.17) is 14.2 Å². The molecule has 0 aromatic heterocycles. The molecule has 0 radical (unpaired) electrons. The SMILES string of the molecule is C=C1C[C@H]2CCC[C@@H](OC)[C@]23C2=C(OCCCO2)C(=O)[C@]13O. The molecule has 5 heteroatoms. The normalized spacial score (nSPS) is 43.9. The van der Waals surface area contributed by atoms with Crippen molar-refractivity contribution in [3.63, 3.8) is 0 Å². The number of hydrogen-bond acceptors (Lipinski definition) is 5. The van der Waals surface area contributed by atoms with Crippen LogP contribution in [0.1, 0.15) is 32.1 Å². The van der Waals surface area contributed by atoms with E-state index in [0.717, 1.165) is 25.7 Å². The molecule has 0 aromatic rings. The number of hydrogen-bond donors (Lipinski definition) is 1. The number of carbonyl (C=O) groups excluding carboxylic acids is 1. The first-order chi connectivity index (χ1) is 10.6. The van der Waals surface area contributed by atoms with Crippen molar-refractivity contribution in [2.45, 2.75) is 43.8 Å². The monoisotopic (exact) mass is 306 g/mol. The predicted molar refractivity (Wildman–Crippen MR) is 77.8 cm³/mol. The summed E-state index contributed by atoms with van der Waals surface area (Å²) in [7, 11) is 1.64. The van der Waals surface area contributed by atoms with Crippen molar-refractivity contribution >= 4 is 5.78 Å². The van der Waals surface area contributed by atoms with E-state index in [2.05, 4.69) is 6.58 Å². The predicted octanol–water partition coefficient (Wildman–Crippen LogP) is 1.71. The molecular formula is C17H22O5. The third kappa shape index (κ3) is 1.35. The van der Waals surface area contributed by atoms with Crippen molar-refractivity contribution in [1.29, 1.82) is 0 Å². The quantitative estimate of drug-likeness (QED) is 0.747. The van der Waals surface area contributed by atoms with Gasteiger partial charge in [-0.25, -0.2) is 0 Å². The fourth-order valence-electron chi connectivity index (χ4n) is 5.12. The van der Waals surface area contributed by atoms with Gasteiger partial charge in [-0.2, -0.15) is 0 Å². The second-order valence-electron chi connectivity index (χ2n) is 6.78. The lowest BCUT2D eigenvalue weighted by Gasteiger charge is -2.48. The van der Waals surface area contributed by atoms with Crippen LogP contribution in [0.2, 0.25) is 0 Å². The van der Waals surface area contributed by atoms with Crippen LogP contribution in [0.4, 0.5) is 0 Å². The van der Waals surface area contributed by atoms with E-state index in [9.17, 15) is 9.90 Å². The molecule has 5 nitrogen and oxygen atoms in total. The Labute approximate surface area is 129 Å². The fourth-order valence-corrected chi connectivity index (χ4v) is 5.12. The van der Waals surface area contributed by atoms with Gasteiger partial charge in [-0.05, 0) is 30.8 Å². The van der Waals surface area contributed by atoms with Crippen LogP contribution < -0.4 is 0 Å². The highest BCUT2D eigenvalue weighted by Gasteiger charge is 2.77. The van der Waals surface area contributed by atoms with Crippen molar-refractivity contribution in [3.05, 3.63) is 23.7 Å². The van der Waals surface area contributed by atoms with Gasteiger partial charge in [0.05, 0.1) is 19.3 Å². The number of aliphatic hydroxyl groups is 1. The molecule has 2 saturated carbocycles. The Kier molecular flexibility index (Phi) is 2.97. The number of rotatable bonds is 1. The van der Waals surface area contributed by atoms with Gasteiger partial charge >= 0.3 is 0 Å². The summed E-state index contributed by atoms with van der Waals surface area (Å²) in [6.07, 6.45) is 3.88. The van der Waals surface area contributed by atoms with Gasteiger partial charge in [0, 0.05) is 13.5 Å². The van der Waals surface area contributed by atoms with Crippen molar-refractivity contribution in [2.24, 2.45) is 11.3 Å². The smallest absolute Gasteiger partial charge is 0.237 e. The van der Waals surface area contributed by atoms with Gasteiger partial charge < -0.3 is 19.3 Å². The zero-order valence-electron chi connectivity index (χ0n) is 12.9. The van der Waals surface area contributed by atoms with Gasteiger partial charge in [0.2, 0.25) is 11.5 Å². The lowest BCUT2D eigenvalue weighted by molar-refractivity contribution is -0.163. The summed E-state index contributed by atoms with van der Waals surface area (Å²) in [4.78, 5) is 13.0. The van der Waals surface area contributed by atoms with Gasteiger partial charge in [0.1, 0.15) is 5.41 Å². The van der Waals surface area contributed by atoms with Crippen molar-refractivity contribution in [2.75, 3.05) is 20.3 Å². The third-order valence-corrected chi connectivity index (χ3v) is 5.96. The summed E-state index contributed by atoms with van der Waals surface area (Å²) in [5.74, 6) is 0.449. The van der Waals surface area contributed by atoms with Gasteiger partial charge in [0.25, 0.3) is 0 Å². The summed E-state index contributed by atoms with van der Waals surface area (Å²) >= 11 is 0. The zero-order chi connectivity index (χ0) is 15.5. The molecule has 22 heavy (non-hydrogen) atoms. The Morgan fingerprint density at radius 2 is 2.05 bits per heavy atom. The second kappa shape index (κ2) is 4.59. The topological polar surface area (TPSA) is 65.0 Å². The first-order valence-electron chi connectivity index (χ1n) is 8.07. The molecule has 0 amide bonds. The van der Waals surface area contributed by atoms with Crippen LogP contribution in [-0.4, -0.2) is 42.9 Å². The third-order valence-electron chi connectivity index (χ3n) is 5.96. The summed E-state index contributed by atoms with van der Waals surface area (Å²) in [6, 6.07) is 0. The van der Waals surface area contributed by atoms with Crippen molar-refractivity contribution in [1.82, 2.24) is 0 Å². The molecule has 1 heterocycles. The van der Waals surface area contributed by atoms with Crippen LogP contribution in [0.15, 0.2) is 23.7 Å². The summed E-state index contributed by atoms with van der Waals surface area (Å²) in [6.45, 7) is 4.96. The molecule has 4 aliphatic rings. The first kappa shape index (κ1) is 14.3. The molecule has 3 aliphatic carbocycles. The first-order valence-corrected chi connectivity index (χ1v) is 8.07. The lowest BCUT2D eigenvalue weighted by Crippen LogP contribution is -2.58. The zero-order valence-corrected chi connectivity index (χ0v) is 12.9. The number of ketones is 1. The van der Waals surface area contributed by atoms with E-state index in [1.165, 1.54) is 0 Å². The summed E-state index contributed by atoms with van der Waals surface area (Å²) in [5.41, 5.74) is -1.92. The molecule has 1 aliphatic heterocycles. The van der Waals surface area contributed by atoms with Crippen molar-refractivity contribution < 1.29 is 24.1 Å². The average molecular weight is 306 g/mol. The molecule has 0 unspecified atom stereocenters. The van der Waals surface area contributed by atoms with Gasteiger partial charge in [-0.15, -0.1) is 0 Å². The van der Waals surface area contributed by atoms with Crippen LogP contribution in [0.3, 0.4) is 0 Å². The maximum atomic E-state index is 13.0. The number of methoxy groups -OCH3 is 1. The van der Waals surface area contributed by atoms with E-state index in [1.807, 2.05) is 0 Å². The van der Waals surface area contributed by atoms with E-state index < -0.39 is 11.0 Å². The van der Waals surface area contributed by atoms with E-state index in [1.54, 1.807) is 7.11 Å². The molecule has 1 spiro atoms. The Morgan fingerprint density at radius 1 is 1.27 bits per heavy atom. The molecule has 2 fully saturated rings. The van der Waals surface area contributed by atoms with Crippen LogP contribution in [0, 0.1) is 11.3 Å². The molecule has 120 valence electrons. The van der Waals surface area contributed by atoms with Gasteiger partial charge in [0.15, 0.2) is 11.4 Å². The highest BCUT2D eigenvalue weighted by Crippen LogP contribution is 2.68. The minimum Gasteiger partial charge on any atom is -0.493 e. The van der Waals surface area contributed by atoms with E-state index in [-0.39, 0.29) is 23.6 Å². The van der Waals surface area contributed by atoms with Crippen LogP contribution in [0.25, 0.3) is 0 Å². The average Bonchev–Trinajstić information content (AvgIpc) is 2.76. The Bertz CT molecular complexity index is 580. The number of carbonyl (C=O) groups is 1. The molecule has 0 bridgehead atoms. The maximum Gasteiger partial charge on any atom is 0.237 e. The van der Waals surface area contributed by atoms with Crippen LogP contribution in [-0.2, 0) is 19.0 Å². The highest BCUT2D eigenvalue weighted by atomic mass is 16.5. The molecule has 0 saturated heterocycles. The minimum absolute atomic E-state index is 0.113. The van der Waals surface area contributed by atoms with Gasteiger partial charge in [-0.1, -0.05) is 13.0 Å². The standard InChI is InChI=1S/C17H22O5/c1-10-9-11-5-3-6-12(20-2)16(11)15-13(14(18)17(10,16)19)21-7-4-8-22-15/h11-12,19H,1,3-9H2,2H3/t11-,12-,16+,17-/m1/s1. The Balaban J connectivity index is 1.97. The summed E-state index contributed by atoms with van der Waals surface area (Å²) < 4.78 is 17.4. The summed E-state index contributed by atoms with van der Waals surface area (Å²) in [5, 5.41) is 11.4. The molecule has 0 aromatic carbocycles. The molecular weight excluding hydrogens is 284 g/mol. The largest absolute Gasteiger partial charge is 0.493 e. The Morgan fingerprint density at radius 3 is 2.82 bits per heavy atom. The lowest BCUT2D eigenvalue weighted by atomic mass is 9.60. The van der Waals surface area contributed by atoms with Crippen LogP contribution in [0.5, 0.6) is 0 Å². The minimum atomic E-state index is -1.64. The van der Waals surface area contributed by atoms with Crippen LogP contribution >= 0.6 is 0 Å². The van der Waals surface area contributed by atoms with E-state index in [0.29, 0.717) is 31.0 Å². The fraction of sp³-hybridized carbons (Fsp3) is 0.706.